The lowest BCUT2D eigenvalue weighted by Crippen LogP contribution is -2.42. The molecule has 1 N–H and O–H groups in total. The van der Waals surface area contributed by atoms with Crippen LogP contribution in [0.15, 0.2) is 65.8 Å². The summed E-state index contributed by atoms with van der Waals surface area (Å²) < 4.78 is 0. The van der Waals surface area contributed by atoms with E-state index in [4.69, 9.17) is 0 Å². The van der Waals surface area contributed by atoms with Gasteiger partial charge in [0.2, 0.25) is 0 Å². The molecule has 1 heterocycles. The molecule has 4 nitrogen and oxygen atoms in total. The average molecular weight is 294 g/mol. The maximum Gasteiger partial charge on any atom is 0.276 e. The molecule has 1 amide bonds. The Bertz CT molecular complexity index is 708. The van der Waals surface area contributed by atoms with Crippen molar-refractivity contribution in [3.63, 3.8) is 0 Å². The molecule has 112 valence electrons. The summed E-state index contributed by atoms with van der Waals surface area (Å²) in [6.45, 7) is 3.78. The number of carbonyl (C=O) groups excluding carboxylic acids is 1. The van der Waals surface area contributed by atoms with E-state index >= 15 is 0 Å². The molecule has 0 spiro atoms. The second kappa shape index (κ2) is 5.39. The highest BCUT2D eigenvalue weighted by Crippen LogP contribution is 2.36. The van der Waals surface area contributed by atoms with Crippen molar-refractivity contribution < 1.29 is 9.90 Å². The highest BCUT2D eigenvalue weighted by Gasteiger charge is 2.46. The number of hydrogen-bond donors (Lipinski definition) is 1. The minimum absolute atomic E-state index is 0.299. The van der Waals surface area contributed by atoms with E-state index in [1.165, 1.54) is 5.01 Å². The Kier molecular flexibility index (Phi) is 3.54. The first-order chi connectivity index (χ1) is 10.5. The molecule has 22 heavy (non-hydrogen) atoms. The number of hydrogen-bond acceptors (Lipinski definition) is 3. The molecule has 0 saturated carbocycles. The van der Waals surface area contributed by atoms with Gasteiger partial charge in [0.1, 0.15) is 0 Å². The molecule has 0 radical (unpaired) electrons. The number of hydrazone groups is 1. The zero-order chi connectivity index (χ0) is 15.7. The SMILES string of the molecule is CC1(C)C(c2ccccc2)=NN(C(=O)c2ccccc2)C1O. The van der Waals surface area contributed by atoms with Gasteiger partial charge >= 0.3 is 0 Å². The zero-order valence-electron chi connectivity index (χ0n) is 12.6. The summed E-state index contributed by atoms with van der Waals surface area (Å²) >= 11 is 0. The summed E-state index contributed by atoms with van der Waals surface area (Å²) in [6, 6.07) is 18.5. The Morgan fingerprint density at radius 1 is 1.05 bits per heavy atom. The van der Waals surface area contributed by atoms with Gasteiger partial charge in [0.25, 0.3) is 5.91 Å². The van der Waals surface area contributed by atoms with E-state index in [2.05, 4.69) is 5.10 Å². The van der Waals surface area contributed by atoms with Gasteiger partial charge in [-0.05, 0) is 31.5 Å². The van der Waals surface area contributed by atoms with Crippen molar-refractivity contribution in [3.05, 3.63) is 71.8 Å². The van der Waals surface area contributed by atoms with Gasteiger partial charge in [-0.25, -0.2) is 0 Å². The van der Waals surface area contributed by atoms with Crippen molar-refractivity contribution in [1.82, 2.24) is 5.01 Å². The zero-order valence-corrected chi connectivity index (χ0v) is 12.6. The van der Waals surface area contributed by atoms with Crippen LogP contribution in [0.3, 0.4) is 0 Å². The van der Waals surface area contributed by atoms with Gasteiger partial charge in [0.05, 0.1) is 11.1 Å². The Morgan fingerprint density at radius 3 is 2.18 bits per heavy atom. The van der Waals surface area contributed by atoms with Crippen LogP contribution in [0.5, 0.6) is 0 Å². The summed E-state index contributed by atoms with van der Waals surface area (Å²) in [5, 5.41) is 16.2. The van der Waals surface area contributed by atoms with Crippen molar-refractivity contribution in [2.75, 3.05) is 0 Å². The fourth-order valence-corrected chi connectivity index (χ4v) is 2.61. The van der Waals surface area contributed by atoms with Crippen molar-refractivity contribution >= 4 is 11.6 Å². The lowest BCUT2D eigenvalue weighted by Gasteiger charge is -2.27. The largest absolute Gasteiger partial charge is 0.371 e. The van der Waals surface area contributed by atoms with Crippen LogP contribution in [0.2, 0.25) is 0 Å². The maximum atomic E-state index is 12.6. The van der Waals surface area contributed by atoms with Crippen LogP contribution in [0.1, 0.15) is 29.8 Å². The Labute approximate surface area is 129 Å². The smallest absolute Gasteiger partial charge is 0.276 e. The molecule has 0 aromatic heterocycles. The van der Waals surface area contributed by atoms with Crippen LogP contribution in [0, 0.1) is 5.41 Å². The minimum Gasteiger partial charge on any atom is -0.371 e. The molecule has 1 aliphatic heterocycles. The summed E-state index contributed by atoms with van der Waals surface area (Å²) in [6.07, 6.45) is -0.990. The third-order valence-corrected chi connectivity index (χ3v) is 3.97. The summed E-state index contributed by atoms with van der Waals surface area (Å²) in [5.41, 5.74) is 1.50. The molecule has 0 bridgehead atoms. The maximum absolute atomic E-state index is 12.6. The van der Waals surface area contributed by atoms with Crippen molar-refractivity contribution in [1.29, 1.82) is 0 Å². The highest BCUT2D eigenvalue weighted by molar-refractivity contribution is 6.08. The number of rotatable bonds is 2. The van der Waals surface area contributed by atoms with Crippen LogP contribution in [-0.2, 0) is 0 Å². The number of carbonyl (C=O) groups is 1. The third kappa shape index (κ3) is 2.31. The number of aliphatic hydroxyl groups excluding tert-OH is 1. The van der Waals surface area contributed by atoms with Crippen LogP contribution in [0.25, 0.3) is 0 Å². The van der Waals surface area contributed by atoms with E-state index in [9.17, 15) is 9.90 Å². The van der Waals surface area contributed by atoms with E-state index in [1.807, 2.05) is 50.2 Å². The Balaban J connectivity index is 2.00. The topological polar surface area (TPSA) is 52.9 Å². The van der Waals surface area contributed by atoms with Gasteiger partial charge in [0, 0.05) is 5.56 Å². The standard InChI is InChI=1S/C18H18N2O2/c1-18(2)15(13-9-5-3-6-10-13)19-20(17(18)22)16(21)14-11-7-4-8-12-14/h3-12,17,22H,1-2H3. The van der Waals surface area contributed by atoms with E-state index < -0.39 is 11.6 Å². The lowest BCUT2D eigenvalue weighted by molar-refractivity contribution is -0.0187. The van der Waals surface area contributed by atoms with E-state index in [1.54, 1.807) is 24.3 Å². The first kappa shape index (κ1) is 14.5. The van der Waals surface area contributed by atoms with Gasteiger partial charge in [-0.3, -0.25) is 4.79 Å². The van der Waals surface area contributed by atoms with Crippen LogP contribution in [-0.4, -0.2) is 28.0 Å². The second-order valence-electron chi connectivity index (χ2n) is 5.93. The molecule has 0 fully saturated rings. The molecule has 2 aromatic rings. The minimum atomic E-state index is -0.990. The van der Waals surface area contributed by atoms with E-state index in [-0.39, 0.29) is 5.91 Å². The van der Waals surface area contributed by atoms with Crippen LogP contribution < -0.4 is 0 Å². The predicted molar refractivity (Wildman–Crippen MR) is 85.4 cm³/mol. The molecule has 3 rings (SSSR count). The Hall–Kier alpha value is -2.46. The first-order valence-electron chi connectivity index (χ1n) is 7.23. The monoisotopic (exact) mass is 294 g/mol. The second-order valence-corrected chi connectivity index (χ2v) is 5.93. The lowest BCUT2D eigenvalue weighted by atomic mass is 9.82. The third-order valence-electron chi connectivity index (χ3n) is 3.97. The van der Waals surface area contributed by atoms with Gasteiger partial charge < -0.3 is 5.11 Å². The number of aliphatic hydroxyl groups is 1. The molecule has 2 aromatic carbocycles. The predicted octanol–water partition coefficient (Wildman–Crippen LogP) is 2.89. The number of nitrogens with zero attached hydrogens (tertiary/aromatic N) is 2. The number of amides is 1. The first-order valence-corrected chi connectivity index (χ1v) is 7.23. The summed E-state index contributed by atoms with van der Waals surface area (Å²) in [4.78, 5) is 12.6. The molecular formula is C18H18N2O2. The normalized spacial score (nSPS) is 19.9. The molecule has 4 heteroatoms. The van der Waals surface area contributed by atoms with Gasteiger partial charge in [0.15, 0.2) is 6.23 Å². The Morgan fingerprint density at radius 2 is 1.59 bits per heavy atom. The fraction of sp³-hybridized carbons (Fsp3) is 0.222. The molecule has 0 aliphatic carbocycles. The summed E-state index contributed by atoms with van der Waals surface area (Å²) in [7, 11) is 0. The average Bonchev–Trinajstić information content (AvgIpc) is 2.79. The van der Waals surface area contributed by atoms with E-state index in [0.29, 0.717) is 11.3 Å². The fourth-order valence-electron chi connectivity index (χ4n) is 2.61. The van der Waals surface area contributed by atoms with Crippen LogP contribution >= 0.6 is 0 Å². The van der Waals surface area contributed by atoms with Crippen molar-refractivity contribution in [2.45, 2.75) is 20.1 Å². The van der Waals surface area contributed by atoms with Crippen LogP contribution in [0.4, 0.5) is 0 Å². The number of benzene rings is 2. The molecule has 1 atom stereocenters. The van der Waals surface area contributed by atoms with E-state index in [0.717, 1.165) is 5.56 Å². The molecule has 0 saturated heterocycles. The summed E-state index contributed by atoms with van der Waals surface area (Å²) in [5.74, 6) is -0.299. The highest BCUT2D eigenvalue weighted by atomic mass is 16.3. The van der Waals surface area contributed by atoms with Crippen molar-refractivity contribution in [2.24, 2.45) is 10.5 Å². The molecule has 1 aliphatic rings. The van der Waals surface area contributed by atoms with Gasteiger partial charge in [-0.1, -0.05) is 48.5 Å². The van der Waals surface area contributed by atoms with Gasteiger partial charge in [-0.15, -0.1) is 0 Å². The van der Waals surface area contributed by atoms with Crippen molar-refractivity contribution in [3.8, 4) is 0 Å². The quantitative estimate of drug-likeness (QED) is 0.926. The molecule has 1 unspecified atom stereocenters. The van der Waals surface area contributed by atoms with Gasteiger partial charge in [-0.2, -0.15) is 10.1 Å². The molecular weight excluding hydrogens is 276 g/mol.